The van der Waals surface area contributed by atoms with E-state index in [-0.39, 0.29) is 0 Å². The third kappa shape index (κ3) is 3.39. The van der Waals surface area contributed by atoms with E-state index in [4.69, 9.17) is 0 Å². The van der Waals surface area contributed by atoms with Crippen LogP contribution in [0.3, 0.4) is 0 Å². The summed E-state index contributed by atoms with van der Waals surface area (Å²) >= 11 is 6.96. The monoisotopic (exact) mass is 276 g/mol. The van der Waals surface area contributed by atoms with Crippen molar-refractivity contribution in [1.29, 1.82) is 0 Å². The normalized spacial score (nSPS) is 13.0. The predicted octanol–water partition coefficient (Wildman–Crippen LogP) is 3.78. The topological polar surface area (TPSA) is 0 Å². The average molecular weight is 278 g/mol. The molecule has 0 saturated heterocycles. The summed E-state index contributed by atoms with van der Waals surface area (Å²) in [5.41, 5.74) is 1.36. The Hall–Kier alpha value is 0.180. The molecule has 1 aromatic carbocycles. The van der Waals surface area contributed by atoms with Crippen molar-refractivity contribution in [3.8, 4) is 0 Å². The van der Waals surface area contributed by atoms with Gasteiger partial charge in [0.15, 0.2) is 0 Å². The van der Waals surface area contributed by atoms with Gasteiger partial charge in [-0.05, 0) is 24.1 Å². The van der Waals surface area contributed by atoms with Gasteiger partial charge in [0.2, 0.25) is 0 Å². The lowest BCUT2D eigenvalue weighted by Crippen LogP contribution is -1.95. The van der Waals surface area contributed by atoms with Gasteiger partial charge >= 0.3 is 0 Å². The summed E-state index contributed by atoms with van der Waals surface area (Å²) in [7, 11) is 0. The van der Waals surface area contributed by atoms with E-state index in [9.17, 15) is 0 Å². The first-order valence-corrected chi connectivity index (χ1v) is 5.28. The van der Waals surface area contributed by atoms with E-state index < -0.39 is 0 Å². The van der Waals surface area contributed by atoms with Crippen LogP contribution in [-0.2, 0) is 6.42 Å². The molecule has 0 amide bonds. The van der Waals surface area contributed by atoms with Crippen molar-refractivity contribution in [1.82, 2.24) is 0 Å². The predicted molar refractivity (Wildman–Crippen MR) is 56.2 cm³/mol. The van der Waals surface area contributed by atoms with Gasteiger partial charge in [-0.3, -0.25) is 0 Å². The minimum absolute atomic E-state index is 0.553. The quantitative estimate of drug-likeness (QED) is 0.722. The highest BCUT2D eigenvalue weighted by molar-refractivity contribution is 9.10. The second-order valence-corrected chi connectivity index (χ2v) is 5.09. The minimum atomic E-state index is 0.553. The minimum Gasteiger partial charge on any atom is -0.0890 e. The van der Waals surface area contributed by atoms with Crippen molar-refractivity contribution in [2.45, 2.75) is 18.2 Å². The van der Waals surface area contributed by atoms with Gasteiger partial charge in [-0.1, -0.05) is 50.9 Å². The van der Waals surface area contributed by atoms with E-state index in [1.165, 1.54) is 5.56 Å². The van der Waals surface area contributed by atoms with Crippen molar-refractivity contribution in [2.24, 2.45) is 0 Å². The van der Waals surface area contributed by atoms with Gasteiger partial charge in [-0.2, -0.15) is 0 Å². The van der Waals surface area contributed by atoms with Crippen molar-refractivity contribution >= 4 is 31.9 Å². The SMILES string of the molecule is C[C@@H](Br)Cc1cccc(Br)c1. The lowest BCUT2D eigenvalue weighted by molar-refractivity contribution is 0.959. The van der Waals surface area contributed by atoms with Crippen LogP contribution >= 0.6 is 31.9 Å². The molecule has 0 heterocycles. The molecule has 0 radical (unpaired) electrons. The maximum atomic E-state index is 3.52. The fourth-order valence-corrected chi connectivity index (χ4v) is 1.81. The molecule has 0 aliphatic carbocycles. The maximum Gasteiger partial charge on any atom is 0.0178 e. The van der Waals surface area contributed by atoms with E-state index in [2.05, 4.69) is 57.0 Å². The van der Waals surface area contributed by atoms with Crippen LogP contribution < -0.4 is 0 Å². The van der Waals surface area contributed by atoms with Crippen LogP contribution in [0.4, 0.5) is 0 Å². The molecule has 11 heavy (non-hydrogen) atoms. The molecular formula is C9H10Br2. The van der Waals surface area contributed by atoms with Gasteiger partial charge in [0.05, 0.1) is 0 Å². The molecule has 0 unspecified atom stereocenters. The van der Waals surface area contributed by atoms with Crippen LogP contribution in [0.15, 0.2) is 28.7 Å². The Morgan fingerprint density at radius 3 is 2.73 bits per heavy atom. The zero-order valence-corrected chi connectivity index (χ0v) is 9.52. The lowest BCUT2D eigenvalue weighted by atomic mass is 10.1. The van der Waals surface area contributed by atoms with Crippen molar-refractivity contribution in [3.63, 3.8) is 0 Å². The summed E-state index contributed by atoms with van der Waals surface area (Å²) in [5.74, 6) is 0. The molecular weight excluding hydrogens is 268 g/mol. The molecule has 0 N–H and O–H groups in total. The van der Waals surface area contributed by atoms with E-state index in [0.29, 0.717) is 4.83 Å². The van der Waals surface area contributed by atoms with Crippen LogP contribution in [0.25, 0.3) is 0 Å². The lowest BCUT2D eigenvalue weighted by Gasteiger charge is -2.02. The third-order valence-corrected chi connectivity index (χ3v) is 2.22. The summed E-state index contributed by atoms with van der Waals surface area (Å²) in [6.45, 7) is 2.15. The van der Waals surface area contributed by atoms with Crippen LogP contribution in [0.2, 0.25) is 0 Å². The first-order valence-electron chi connectivity index (χ1n) is 3.57. The Morgan fingerprint density at radius 2 is 2.18 bits per heavy atom. The fourth-order valence-electron chi connectivity index (χ4n) is 0.989. The Labute approximate surface area is 84.3 Å². The summed E-state index contributed by atoms with van der Waals surface area (Å²) in [6, 6.07) is 8.40. The number of rotatable bonds is 2. The summed E-state index contributed by atoms with van der Waals surface area (Å²) in [4.78, 5) is 0.553. The fraction of sp³-hybridized carbons (Fsp3) is 0.333. The summed E-state index contributed by atoms with van der Waals surface area (Å²) in [6.07, 6.45) is 1.08. The molecule has 0 spiro atoms. The van der Waals surface area contributed by atoms with Crippen LogP contribution in [0.5, 0.6) is 0 Å². The van der Waals surface area contributed by atoms with Gasteiger partial charge in [0.25, 0.3) is 0 Å². The molecule has 1 aromatic rings. The van der Waals surface area contributed by atoms with Gasteiger partial charge in [0.1, 0.15) is 0 Å². The number of hydrogen-bond acceptors (Lipinski definition) is 0. The summed E-state index contributed by atoms with van der Waals surface area (Å²) in [5, 5.41) is 0. The van der Waals surface area contributed by atoms with E-state index in [0.717, 1.165) is 10.9 Å². The maximum absolute atomic E-state index is 3.52. The smallest absolute Gasteiger partial charge is 0.0178 e. The second kappa shape index (κ2) is 4.27. The number of hydrogen-bond donors (Lipinski definition) is 0. The van der Waals surface area contributed by atoms with Gasteiger partial charge in [0, 0.05) is 9.30 Å². The molecule has 0 saturated carbocycles. The number of halogens is 2. The third-order valence-electron chi connectivity index (χ3n) is 1.41. The zero-order valence-electron chi connectivity index (χ0n) is 6.35. The van der Waals surface area contributed by atoms with Crippen LogP contribution in [0.1, 0.15) is 12.5 Å². The van der Waals surface area contributed by atoms with Crippen molar-refractivity contribution in [2.75, 3.05) is 0 Å². The van der Waals surface area contributed by atoms with Crippen molar-refractivity contribution in [3.05, 3.63) is 34.3 Å². The summed E-state index contributed by atoms with van der Waals surface area (Å²) < 4.78 is 1.16. The average Bonchev–Trinajstić information content (AvgIpc) is 1.85. The first kappa shape index (κ1) is 9.27. The van der Waals surface area contributed by atoms with E-state index >= 15 is 0 Å². The van der Waals surface area contributed by atoms with Crippen LogP contribution in [0, 0.1) is 0 Å². The highest BCUT2D eigenvalue weighted by atomic mass is 79.9. The molecule has 0 nitrogen and oxygen atoms in total. The molecule has 0 bridgehead atoms. The molecule has 0 aromatic heterocycles. The van der Waals surface area contributed by atoms with Gasteiger partial charge < -0.3 is 0 Å². The highest BCUT2D eigenvalue weighted by Crippen LogP contribution is 2.14. The van der Waals surface area contributed by atoms with Gasteiger partial charge in [-0.25, -0.2) is 0 Å². The zero-order chi connectivity index (χ0) is 8.27. The largest absolute Gasteiger partial charge is 0.0890 e. The molecule has 60 valence electrons. The number of alkyl halides is 1. The Morgan fingerprint density at radius 1 is 1.45 bits per heavy atom. The second-order valence-electron chi connectivity index (χ2n) is 2.61. The molecule has 0 fully saturated rings. The van der Waals surface area contributed by atoms with E-state index in [1.54, 1.807) is 0 Å². The number of benzene rings is 1. The molecule has 1 atom stereocenters. The van der Waals surface area contributed by atoms with Crippen LogP contribution in [-0.4, -0.2) is 4.83 Å². The molecule has 0 aliphatic heterocycles. The van der Waals surface area contributed by atoms with E-state index in [1.807, 2.05) is 6.07 Å². The van der Waals surface area contributed by atoms with Crippen molar-refractivity contribution < 1.29 is 0 Å². The molecule has 2 heteroatoms. The Balaban J connectivity index is 2.71. The Kier molecular flexibility index (Phi) is 3.60. The standard InChI is InChI=1S/C9H10Br2/c1-7(10)5-8-3-2-4-9(11)6-8/h2-4,6-7H,5H2,1H3/t7-/m1/s1. The van der Waals surface area contributed by atoms with Gasteiger partial charge in [-0.15, -0.1) is 0 Å². The first-order chi connectivity index (χ1) is 5.18. The highest BCUT2D eigenvalue weighted by Gasteiger charge is 1.98. The Bertz CT molecular complexity index is 231. The molecule has 1 rings (SSSR count). The molecule has 0 aliphatic rings.